The van der Waals surface area contributed by atoms with Crippen molar-refractivity contribution in [2.45, 2.75) is 296 Å². The van der Waals surface area contributed by atoms with E-state index in [1.807, 2.05) is 39.4 Å². The number of nitrogens with one attached hydrogen (secondary N) is 1. The molecule has 0 aliphatic carbocycles. The molecular formula is C62H118N2O7P+. The highest BCUT2D eigenvalue weighted by molar-refractivity contribution is 7.47. The molecule has 0 heterocycles. The van der Waals surface area contributed by atoms with E-state index in [1.165, 1.54) is 193 Å². The molecule has 0 aliphatic heterocycles. The highest BCUT2D eigenvalue weighted by atomic mass is 31.2. The number of quaternary nitrogens is 1. The largest absolute Gasteiger partial charge is 0.472 e. The highest BCUT2D eigenvalue weighted by Crippen LogP contribution is 2.43. The number of phosphoric acid groups is 1. The van der Waals surface area contributed by atoms with Crippen molar-refractivity contribution in [2.24, 2.45) is 0 Å². The summed E-state index contributed by atoms with van der Waals surface area (Å²) in [6.45, 7) is 6.97. The first-order valence-electron chi connectivity index (χ1n) is 30.5. The smallest absolute Gasteiger partial charge is 0.456 e. The van der Waals surface area contributed by atoms with Crippen molar-refractivity contribution in [1.82, 2.24) is 5.32 Å². The van der Waals surface area contributed by atoms with Gasteiger partial charge in [0.05, 0.1) is 33.8 Å². The molecule has 3 unspecified atom stereocenters. The van der Waals surface area contributed by atoms with Crippen LogP contribution in [0.3, 0.4) is 0 Å². The number of ether oxygens (including phenoxy) is 1. The fourth-order valence-corrected chi connectivity index (χ4v) is 9.49. The molecule has 9 nitrogen and oxygen atoms in total. The number of carbonyl (C=O) groups excluding carboxylic acids is 2. The summed E-state index contributed by atoms with van der Waals surface area (Å²) >= 11 is 0. The minimum absolute atomic E-state index is 0.0315. The van der Waals surface area contributed by atoms with Crippen LogP contribution in [0.2, 0.25) is 0 Å². The molecule has 72 heavy (non-hydrogen) atoms. The van der Waals surface area contributed by atoms with Crippen LogP contribution in [0.25, 0.3) is 0 Å². The van der Waals surface area contributed by atoms with Crippen molar-refractivity contribution in [3.8, 4) is 0 Å². The molecule has 3 atom stereocenters. The van der Waals surface area contributed by atoms with Gasteiger partial charge in [0.15, 0.2) is 0 Å². The number of allylic oxidation sites excluding steroid dienone is 7. The molecule has 0 bridgehead atoms. The van der Waals surface area contributed by atoms with Gasteiger partial charge in [0.25, 0.3) is 0 Å². The molecule has 0 saturated heterocycles. The minimum atomic E-state index is -4.46. The number of esters is 1. The highest BCUT2D eigenvalue weighted by Gasteiger charge is 2.30. The minimum Gasteiger partial charge on any atom is -0.456 e. The van der Waals surface area contributed by atoms with Gasteiger partial charge in [-0.1, -0.05) is 243 Å². The predicted molar refractivity (Wildman–Crippen MR) is 309 cm³/mol. The lowest BCUT2D eigenvalue weighted by Crippen LogP contribution is -2.47. The summed E-state index contributed by atoms with van der Waals surface area (Å²) in [6, 6.07) is -0.877. The van der Waals surface area contributed by atoms with Crippen molar-refractivity contribution >= 4 is 19.7 Å². The van der Waals surface area contributed by atoms with E-state index in [0.29, 0.717) is 17.4 Å². The Hall–Kier alpha value is -2.03. The average Bonchev–Trinajstić information content (AvgIpc) is 3.34. The zero-order valence-corrected chi connectivity index (χ0v) is 49.1. The number of amides is 1. The Balaban J connectivity index is 5.26. The first kappa shape index (κ1) is 70.0. The molecule has 0 saturated carbocycles. The molecule has 0 aliphatic rings. The molecule has 10 heteroatoms. The molecule has 0 aromatic carbocycles. The number of nitrogens with zero attached hydrogens (tertiary/aromatic N) is 1. The van der Waals surface area contributed by atoms with Gasteiger partial charge in [0, 0.05) is 12.8 Å². The third-order valence-corrected chi connectivity index (χ3v) is 14.5. The van der Waals surface area contributed by atoms with E-state index in [9.17, 15) is 19.0 Å². The van der Waals surface area contributed by atoms with Gasteiger partial charge in [0.1, 0.15) is 19.3 Å². The second-order valence-corrected chi connectivity index (χ2v) is 23.3. The average molecular weight is 1030 g/mol. The first-order chi connectivity index (χ1) is 34.9. The van der Waals surface area contributed by atoms with Crippen LogP contribution < -0.4 is 5.32 Å². The summed E-state index contributed by atoms with van der Waals surface area (Å²) in [5, 5.41) is 3.01. The van der Waals surface area contributed by atoms with E-state index >= 15 is 0 Å². The van der Waals surface area contributed by atoms with E-state index in [2.05, 4.69) is 56.5 Å². The number of hydrogen-bond donors (Lipinski definition) is 2. The molecule has 2 N–H and O–H groups in total. The third kappa shape index (κ3) is 52.8. The van der Waals surface area contributed by atoms with Crippen LogP contribution in [0, 0.1) is 0 Å². The Labute approximate surface area is 446 Å². The van der Waals surface area contributed by atoms with Crippen LogP contribution in [-0.4, -0.2) is 74.3 Å². The number of phosphoric ester groups is 1. The second-order valence-electron chi connectivity index (χ2n) is 21.9. The number of hydrogen-bond acceptors (Lipinski definition) is 6. The van der Waals surface area contributed by atoms with Crippen molar-refractivity contribution < 1.29 is 37.3 Å². The topological polar surface area (TPSA) is 111 Å². The summed E-state index contributed by atoms with van der Waals surface area (Å²) in [5.41, 5.74) is 0. The number of unbranched alkanes of at least 4 members (excludes halogenated alkanes) is 33. The molecule has 0 fully saturated rings. The van der Waals surface area contributed by atoms with Crippen LogP contribution in [0.15, 0.2) is 48.6 Å². The summed E-state index contributed by atoms with van der Waals surface area (Å²) in [6.07, 6.45) is 64.1. The fraction of sp³-hybridized carbons (Fsp3) is 0.839. The van der Waals surface area contributed by atoms with E-state index in [-0.39, 0.29) is 37.9 Å². The summed E-state index contributed by atoms with van der Waals surface area (Å²) in [7, 11) is 1.47. The molecule has 0 aromatic rings. The Bertz CT molecular complexity index is 1380. The van der Waals surface area contributed by atoms with Crippen LogP contribution >= 0.6 is 7.82 Å². The maximum Gasteiger partial charge on any atom is 0.472 e. The molecule has 0 radical (unpaired) electrons. The van der Waals surface area contributed by atoms with E-state index in [1.54, 1.807) is 0 Å². The van der Waals surface area contributed by atoms with Gasteiger partial charge in [-0.05, 0) is 76.7 Å². The lowest BCUT2D eigenvalue weighted by molar-refractivity contribution is -0.870. The normalized spacial score (nSPS) is 14.0. The van der Waals surface area contributed by atoms with Gasteiger partial charge in [-0.2, -0.15) is 0 Å². The zero-order chi connectivity index (χ0) is 52.9. The molecule has 0 rings (SSSR count). The predicted octanol–water partition coefficient (Wildman–Crippen LogP) is 18.5. The van der Waals surface area contributed by atoms with Crippen molar-refractivity contribution in [2.75, 3.05) is 40.9 Å². The molecular weight excluding hydrogens is 916 g/mol. The van der Waals surface area contributed by atoms with Crippen LogP contribution in [0.1, 0.15) is 284 Å². The van der Waals surface area contributed by atoms with Crippen LogP contribution in [-0.2, 0) is 27.9 Å². The van der Waals surface area contributed by atoms with Gasteiger partial charge >= 0.3 is 13.8 Å². The fourth-order valence-electron chi connectivity index (χ4n) is 8.75. The maximum atomic E-state index is 13.5. The van der Waals surface area contributed by atoms with Crippen LogP contribution in [0.4, 0.5) is 0 Å². The van der Waals surface area contributed by atoms with Gasteiger partial charge < -0.3 is 19.4 Å². The van der Waals surface area contributed by atoms with Gasteiger partial charge in [-0.25, -0.2) is 4.57 Å². The van der Waals surface area contributed by atoms with Crippen molar-refractivity contribution in [3.63, 3.8) is 0 Å². The SMILES string of the molecule is CCCCCCCC/C=C\C/C=C/CCC(=O)NC(COP(=O)(O)OCC[N+](C)(C)C)C(/C=C\CCCCCCCCCCCC)OC(=O)CCCCCCCCCCCCC/C=C/CCCCCCCC. The monoisotopic (exact) mass is 1030 g/mol. The van der Waals surface area contributed by atoms with Crippen LogP contribution in [0.5, 0.6) is 0 Å². The molecule has 422 valence electrons. The van der Waals surface area contributed by atoms with Gasteiger partial charge in [-0.15, -0.1) is 0 Å². The molecule has 0 aromatic heterocycles. The zero-order valence-electron chi connectivity index (χ0n) is 48.2. The molecule has 1 amide bonds. The molecule has 0 spiro atoms. The third-order valence-electron chi connectivity index (χ3n) is 13.5. The van der Waals surface area contributed by atoms with Crippen molar-refractivity contribution in [3.05, 3.63) is 48.6 Å². The number of rotatable bonds is 55. The Morgan fingerprint density at radius 3 is 1.29 bits per heavy atom. The lowest BCUT2D eigenvalue weighted by Gasteiger charge is -2.27. The lowest BCUT2D eigenvalue weighted by atomic mass is 10.0. The summed E-state index contributed by atoms with van der Waals surface area (Å²) < 4.78 is 30.6. The van der Waals surface area contributed by atoms with Gasteiger partial charge in [-0.3, -0.25) is 18.6 Å². The van der Waals surface area contributed by atoms with E-state index in [4.69, 9.17) is 13.8 Å². The number of likely N-dealkylation sites (N-methyl/N-ethyl adjacent to an activating group) is 1. The Morgan fingerprint density at radius 2 is 0.861 bits per heavy atom. The standard InChI is InChI=1S/C62H117N2O7P/c1-7-10-13-16-19-22-25-28-29-30-31-32-33-34-35-37-40-43-46-49-52-55-62(66)71-60(53-50-47-44-41-38-27-24-21-18-15-12-9-3)59(58-70-72(67,68)69-57-56-64(4,5)6)63-61(65)54-51-48-45-42-39-36-26-23-20-17-14-11-8-2/h28-29,36,39,45,48,50,53,59-60H,7-27,30-35,37-38,40-44,46-47,49,51-52,54-58H2,1-6H3,(H-,63,65,67,68)/p+1/b29-28+,39-36-,48-45+,53-50-. The second kappa shape index (κ2) is 52.4. The Morgan fingerprint density at radius 1 is 0.486 bits per heavy atom. The quantitative estimate of drug-likeness (QED) is 0.0205. The number of carbonyl (C=O) groups is 2. The van der Waals surface area contributed by atoms with Gasteiger partial charge in [0.2, 0.25) is 5.91 Å². The Kier molecular flexibility index (Phi) is 50.9. The van der Waals surface area contributed by atoms with E-state index in [0.717, 1.165) is 51.4 Å². The van der Waals surface area contributed by atoms with Crippen molar-refractivity contribution in [1.29, 1.82) is 0 Å². The summed E-state index contributed by atoms with van der Waals surface area (Å²) in [4.78, 5) is 37.6. The van der Waals surface area contributed by atoms with E-state index < -0.39 is 20.0 Å². The summed E-state index contributed by atoms with van der Waals surface area (Å²) in [5.74, 6) is -0.577. The maximum absolute atomic E-state index is 13.5. The first-order valence-corrected chi connectivity index (χ1v) is 32.0.